The molecule has 1 aromatic rings. The number of carbonyl (C=O) groups excluding carboxylic acids is 1. The van der Waals surface area contributed by atoms with E-state index in [1.54, 1.807) is 24.4 Å². The van der Waals surface area contributed by atoms with Gasteiger partial charge in [0.25, 0.3) is 5.91 Å². The van der Waals surface area contributed by atoms with Crippen molar-refractivity contribution in [2.45, 2.75) is 23.9 Å². The molecule has 0 radical (unpaired) electrons. The molecule has 2 atom stereocenters. The molecule has 2 bridgehead atoms. The second kappa shape index (κ2) is 5.73. The number of hydrogen-bond acceptors (Lipinski definition) is 4. The smallest absolute Gasteiger partial charge is 0.287 e. The van der Waals surface area contributed by atoms with Gasteiger partial charge in [-0.2, -0.15) is 0 Å². The number of nitrogens with zero attached hydrogens (tertiary/aromatic N) is 1. The third kappa shape index (κ3) is 2.79. The predicted octanol–water partition coefficient (Wildman–Crippen LogP) is 2.17. The Morgan fingerprint density at radius 1 is 1.35 bits per heavy atom. The van der Waals surface area contributed by atoms with Crippen LogP contribution in [0.4, 0.5) is 0 Å². The first-order valence-corrected chi connectivity index (χ1v) is 8.46. The van der Waals surface area contributed by atoms with Gasteiger partial charge < -0.3 is 20.0 Å². The van der Waals surface area contributed by atoms with Crippen LogP contribution in [-0.2, 0) is 5.00 Å². The largest absolute Gasteiger partial charge is 0.452 e. The summed E-state index contributed by atoms with van der Waals surface area (Å²) in [4.78, 5) is 14.0. The molecule has 3 saturated heterocycles. The first-order chi connectivity index (χ1) is 11.1. The lowest BCUT2D eigenvalue weighted by Gasteiger charge is -2.44. The van der Waals surface area contributed by atoms with Gasteiger partial charge in [0, 0.05) is 12.6 Å². The van der Waals surface area contributed by atoms with Crippen LogP contribution < -0.4 is 10.6 Å². The van der Waals surface area contributed by atoms with Gasteiger partial charge in [-0.1, -0.05) is 17.7 Å². The molecule has 23 heavy (non-hydrogen) atoms. The molecule has 1 unspecified atom stereocenters. The van der Waals surface area contributed by atoms with Gasteiger partial charge in [-0.3, -0.25) is 4.79 Å². The average Bonchev–Trinajstić information content (AvgIpc) is 3.08. The number of carbonyl (C=O) groups is 1. The van der Waals surface area contributed by atoms with E-state index in [4.69, 9.17) is 16.0 Å². The Labute approximate surface area is 140 Å². The highest BCUT2D eigenvalue weighted by Gasteiger charge is 2.36. The Morgan fingerprint density at radius 2 is 2.17 bits per heavy atom. The van der Waals surface area contributed by atoms with Gasteiger partial charge in [-0.25, -0.2) is 0 Å². The lowest BCUT2D eigenvalue weighted by Crippen LogP contribution is -2.57. The van der Waals surface area contributed by atoms with Gasteiger partial charge in [0.1, 0.15) is 5.76 Å². The second-order valence-corrected chi connectivity index (χ2v) is 7.05. The zero-order valence-corrected chi connectivity index (χ0v) is 13.6. The number of fused-ring (bicyclic) bond motifs is 3. The maximum absolute atomic E-state index is 12.5. The number of alkyl halides is 1. The molecule has 1 amide bonds. The fourth-order valence-corrected chi connectivity index (χ4v) is 3.88. The van der Waals surface area contributed by atoms with Gasteiger partial charge in [0.2, 0.25) is 0 Å². The van der Waals surface area contributed by atoms with Gasteiger partial charge in [-0.05, 0) is 62.3 Å². The molecule has 0 aliphatic carbocycles. The Kier molecular flexibility index (Phi) is 3.70. The van der Waals surface area contributed by atoms with Crippen molar-refractivity contribution in [2.24, 2.45) is 5.92 Å². The van der Waals surface area contributed by atoms with Crippen LogP contribution in [0.2, 0.25) is 0 Å². The van der Waals surface area contributed by atoms with E-state index in [0.717, 1.165) is 19.6 Å². The van der Waals surface area contributed by atoms with Gasteiger partial charge >= 0.3 is 0 Å². The minimum atomic E-state index is -0.928. The highest BCUT2D eigenvalue weighted by Crippen LogP contribution is 2.31. The van der Waals surface area contributed by atoms with E-state index in [-0.39, 0.29) is 11.9 Å². The van der Waals surface area contributed by atoms with Gasteiger partial charge in [0.05, 0.1) is 0 Å². The number of dihydropyridines is 1. The van der Waals surface area contributed by atoms with Crippen LogP contribution in [0.1, 0.15) is 29.2 Å². The maximum atomic E-state index is 12.5. The summed E-state index contributed by atoms with van der Waals surface area (Å²) in [5.41, 5.74) is 0. The molecular weight excluding hydrogens is 314 g/mol. The van der Waals surface area contributed by atoms with Gasteiger partial charge in [0.15, 0.2) is 10.8 Å². The molecule has 3 fully saturated rings. The van der Waals surface area contributed by atoms with E-state index in [1.807, 2.05) is 12.2 Å². The SMILES string of the molecule is O=C(N[C@H]1CN2CCC1CC2)c1ccc(C2(Cl)C=CC=CN2)o1. The normalized spacial score (nSPS) is 35.1. The molecule has 5 nitrogen and oxygen atoms in total. The number of allylic oxidation sites excluding steroid dienone is 2. The predicted molar refractivity (Wildman–Crippen MR) is 88.1 cm³/mol. The van der Waals surface area contributed by atoms with Crippen molar-refractivity contribution in [3.05, 3.63) is 48.1 Å². The highest BCUT2D eigenvalue weighted by molar-refractivity contribution is 6.25. The van der Waals surface area contributed by atoms with E-state index in [1.165, 1.54) is 12.8 Å². The van der Waals surface area contributed by atoms with E-state index in [9.17, 15) is 4.79 Å². The van der Waals surface area contributed by atoms with Gasteiger partial charge in [-0.15, -0.1) is 0 Å². The molecule has 122 valence electrons. The summed E-state index contributed by atoms with van der Waals surface area (Å²) >= 11 is 6.48. The maximum Gasteiger partial charge on any atom is 0.287 e. The van der Waals surface area contributed by atoms with Crippen molar-refractivity contribution >= 4 is 17.5 Å². The first-order valence-electron chi connectivity index (χ1n) is 8.08. The minimum absolute atomic E-state index is 0.161. The summed E-state index contributed by atoms with van der Waals surface area (Å²) in [5, 5.41) is 6.16. The monoisotopic (exact) mass is 333 g/mol. The number of hydrogen-bond donors (Lipinski definition) is 2. The first kappa shape index (κ1) is 14.8. The van der Waals surface area contributed by atoms with E-state index < -0.39 is 5.00 Å². The third-order valence-electron chi connectivity index (χ3n) is 4.99. The quantitative estimate of drug-likeness (QED) is 0.657. The number of nitrogens with one attached hydrogen (secondary N) is 2. The summed E-state index contributed by atoms with van der Waals surface area (Å²) in [6, 6.07) is 3.65. The Bertz CT molecular complexity index is 661. The van der Waals surface area contributed by atoms with Crippen molar-refractivity contribution in [3.8, 4) is 0 Å². The minimum Gasteiger partial charge on any atom is -0.452 e. The summed E-state index contributed by atoms with van der Waals surface area (Å²) in [6.45, 7) is 3.25. The third-order valence-corrected chi connectivity index (χ3v) is 5.41. The molecule has 5 rings (SSSR count). The molecule has 6 heteroatoms. The molecule has 1 aromatic heterocycles. The topological polar surface area (TPSA) is 57.5 Å². The summed E-state index contributed by atoms with van der Waals surface area (Å²) < 4.78 is 5.70. The lowest BCUT2D eigenvalue weighted by atomic mass is 9.84. The molecule has 4 aliphatic heterocycles. The van der Waals surface area contributed by atoms with Crippen LogP contribution >= 0.6 is 11.6 Å². The van der Waals surface area contributed by atoms with Crippen LogP contribution in [0.15, 0.2) is 41.0 Å². The zero-order valence-electron chi connectivity index (χ0n) is 12.8. The molecule has 4 aliphatic rings. The van der Waals surface area contributed by atoms with Crippen LogP contribution in [0, 0.1) is 5.92 Å². The molecule has 5 heterocycles. The standard InChI is InChI=1S/C17H20ClN3O2/c18-17(7-1-2-8-19-17)15-4-3-14(23-15)16(22)20-13-11-21-9-5-12(13)6-10-21/h1-4,7-8,12-13,19H,5-6,9-11H2,(H,20,22)/t13-,17?/m0/s1. The molecular formula is C17H20ClN3O2. The summed E-state index contributed by atoms with van der Waals surface area (Å²) in [6.07, 6.45) is 9.58. The molecule has 0 saturated carbocycles. The average molecular weight is 334 g/mol. The van der Waals surface area contributed by atoms with Crippen molar-refractivity contribution < 1.29 is 9.21 Å². The second-order valence-electron chi connectivity index (χ2n) is 6.46. The zero-order chi connectivity index (χ0) is 15.9. The van der Waals surface area contributed by atoms with Crippen molar-refractivity contribution in [3.63, 3.8) is 0 Å². The summed E-state index contributed by atoms with van der Waals surface area (Å²) in [5.74, 6) is 1.25. The number of furan rings is 1. The Morgan fingerprint density at radius 3 is 2.83 bits per heavy atom. The lowest BCUT2D eigenvalue weighted by molar-refractivity contribution is 0.0604. The van der Waals surface area contributed by atoms with E-state index >= 15 is 0 Å². The van der Waals surface area contributed by atoms with Crippen LogP contribution in [0.3, 0.4) is 0 Å². The van der Waals surface area contributed by atoms with Crippen LogP contribution in [-0.4, -0.2) is 36.5 Å². The molecule has 2 N–H and O–H groups in total. The Hall–Kier alpha value is -1.72. The van der Waals surface area contributed by atoms with Crippen molar-refractivity contribution in [1.29, 1.82) is 0 Å². The van der Waals surface area contributed by atoms with Crippen LogP contribution in [0.25, 0.3) is 0 Å². The molecule has 0 aromatic carbocycles. The Balaban J connectivity index is 1.45. The number of halogens is 1. The van der Waals surface area contributed by atoms with E-state index in [2.05, 4.69) is 15.5 Å². The highest BCUT2D eigenvalue weighted by atomic mass is 35.5. The fraction of sp³-hybridized carbons (Fsp3) is 0.471. The number of amides is 1. The summed E-state index contributed by atoms with van der Waals surface area (Å²) in [7, 11) is 0. The fourth-order valence-electron chi connectivity index (χ4n) is 3.64. The van der Waals surface area contributed by atoms with Crippen LogP contribution in [0.5, 0.6) is 0 Å². The molecule has 0 spiro atoms. The number of rotatable bonds is 3. The van der Waals surface area contributed by atoms with Crippen molar-refractivity contribution in [2.75, 3.05) is 19.6 Å². The van der Waals surface area contributed by atoms with E-state index in [0.29, 0.717) is 17.4 Å². The number of piperidine rings is 3. The van der Waals surface area contributed by atoms with Crippen molar-refractivity contribution in [1.82, 2.24) is 15.5 Å².